The number of rotatable bonds is 6. The first-order valence-corrected chi connectivity index (χ1v) is 10.4. The Morgan fingerprint density at radius 2 is 1.85 bits per heavy atom. The minimum absolute atomic E-state index is 0.00641. The molecule has 0 saturated heterocycles. The minimum atomic E-state index is -4.79. The van der Waals surface area contributed by atoms with E-state index in [-0.39, 0.29) is 17.7 Å². The summed E-state index contributed by atoms with van der Waals surface area (Å²) in [5.74, 6) is -1.97. The zero-order valence-corrected chi connectivity index (χ0v) is 18.2. The van der Waals surface area contributed by atoms with Crippen molar-refractivity contribution in [1.82, 2.24) is 15.1 Å². The first kappa shape index (κ1) is 22.8. The van der Waals surface area contributed by atoms with E-state index in [4.69, 9.17) is 16.7 Å². The van der Waals surface area contributed by atoms with E-state index in [1.54, 1.807) is 36.4 Å². The van der Waals surface area contributed by atoms with Crippen LogP contribution in [0, 0.1) is 0 Å². The molecule has 1 amide bonds. The molecule has 1 aromatic heterocycles. The average molecular weight is 478 g/mol. The van der Waals surface area contributed by atoms with Gasteiger partial charge in [0.05, 0.1) is 22.4 Å². The summed E-state index contributed by atoms with van der Waals surface area (Å²) in [4.78, 5) is 24.3. The molecule has 4 rings (SSSR count). The highest BCUT2D eigenvalue weighted by atomic mass is 35.5. The maximum absolute atomic E-state index is 13.9. The van der Waals surface area contributed by atoms with Crippen molar-refractivity contribution in [3.05, 3.63) is 87.2 Å². The van der Waals surface area contributed by atoms with Gasteiger partial charge in [-0.3, -0.25) is 9.48 Å². The Morgan fingerprint density at radius 1 is 1.18 bits per heavy atom. The topological polar surface area (TPSA) is 84.2 Å². The maximum Gasteiger partial charge on any atom is 0.433 e. The molecule has 0 radical (unpaired) electrons. The normalized spacial score (nSPS) is 14.7. The smallest absolute Gasteiger partial charge is 0.433 e. The predicted octanol–water partition coefficient (Wildman–Crippen LogP) is 4.80. The van der Waals surface area contributed by atoms with Gasteiger partial charge in [0, 0.05) is 18.5 Å². The minimum Gasteiger partial charge on any atom is -0.478 e. The second kappa shape index (κ2) is 8.22. The number of carbonyl (C=O) groups is 2. The highest BCUT2D eigenvalue weighted by molar-refractivity contribution is 6.30. The maximum atomic E-state index is 13.9. The Balaban J connectivity index is 1.69. The van der Waals surface area contributed by atoms with Gasteiger partial charge in [-0.1, -0.05) is 35.9 Å². The van der Waals surface area contributed by atoms with Crippen LogP contribution in [0.15, 0.2) is 48.5 Å². The molecule has 0 spiro atoms. The number of halogens is 4. The molecule has 10 heteroatoms. The third kappa shape index (κ3) is 4.59. The number of hydrogen-bond acceptors (Lipinski definition) is 3. The van der Waals surface area contributed by atoms with Gasteiger partial charge in [-0.05, 0) is 48.2 Å². The number of alkyl halides is 3. The number of benzene rings is 2. The van der Waals surface area contributed by atoms with Crippen LogP contribution in [0.25, 0.3) is 0 Å². The monoisotopic (exact) mass is 477 g/mol. The summed E-state index contributed by atoms with van der Waals surface area (Å²) in [6.45, 7) is 0. The van der Waals surface area contributed by atoms with Crippen molar-refractivity contribution >= 4 is 23.5 Å². The highest BCUT2D eigenvalue weighted by Gasteiger charge is 2.48. The second-order valence-electron chi connectivity index (χ2n) is 8.02. The van der Waals surface area contributed by atoms with Gasteiger partial charge in [-0.25, -0.2) is 4.79 Å². The molecule has 1 fully saturated rings. The molecule has 1 saturated carbocycles. The predicted molar refractivity (Wildman–Crippen MR) is 114 cm³/mol. The van der Waals surface area contributed by atoms with Gasteiger partial charge >= 0.3 is 12.1 Å². The van der Waals surface area contributed by atoms with Crippen molar-refractivity contribution in [1.29, 1.82) is 0 Å². The summed E-state index contributed by atoms with van der Waals surface area (Å²) in [5.41, 5.74) is -1.19. The van der Waals surface area contributed by atoms with Gasteiger partial charge < -0.3 is 10.4 Å². The van der Waals surface area contributed by atoms with E-state index >= 15 is 0 Å². The van der Waals surface area contributed by atoms with Crippen LogP contribution in [0.3, 0.4) is 0 Å². The number of aryl methyl sites for hydroxylation is 1. The Bertz CT molecular complexity index is 1230. The number of nitrogens with zero attached hydrogens (tertiary/aromatic N) is 2. The fraction of sp³-hybridized carbons (Fsp3) is 0.261. The Morgan fingerprint density at radius 3 is 2.39 bits per heavy atom. The van der Waals surface area contributed by atoms with Crippen LogP contribution < -0.4 is 5.32 Å². The quantitative estimate of drug-likeness (QED) is 0.534. The second-order valence-corrected chi connectivity index (χ2v) is 8.45. The van der Waals surface area contributed by atoms with Crippen LogP contribution >= 0.6 is 11.6 Å². The molecule has 172 valence electrons. The zero-order chi connectivity index (χ0) is 24.0. The molecule has 0 unspecified atom stereocenters. The van der Waals surface area contributed by atoms with E-state index in [1.807, 2.05) is 0 Å². The van der Waals surface area contributed by atoms with Gasteiger partial charge in [0.15, 0.2) is 5.69 Å². The van der Waals surface area contributed by atoms with Crippen molar-refractivity contribution in [3.63, 3.8) is 0 Å². The number of amides is 1. The number of nitrogens with one attached hydrogen (secondary N) is 1. The molecular weight excluding hydrogens is 459 g/mol. The Labute approximate surface area is 192 Å². The lowest BCUT2D eigenvalue weighted by Gasteiger charge is -2.19. The lowest BCUT2D eigenvalue weighted by molar-refractivity contribution is -0.144. The molecule has 0 atom stereocenters. The molecule has 1 heterocycles. The molecule has 6 nitrogen and oxygen atoms in total. The number of carbonyl (C=O) groups excluding carboxylic acids is 1. The first-order chi connectivity index (χ1) is 15.5. The van der Waals surface area contributed by atoms with Gasteiger partial charge in [0.1, 0.15) is 0 Å². The number of aromatic carboxylic acids is 1. The van der Waals surface area contributed by atoms with E-state index in [0.29, 0.717) is 33.7 Å². The van der Waals surface area contributed by atoms with Crippen molar-refractivity contribution in [2.24, 2.45) is 7.05 Å². The lowest BCUT2D eigenvalue weighted by atomic mass is 10.0. The number of aromatic nitrogens is 2. The van der Waals surface area contributed by atoms with Crippen molar-refractivity contribution in [3.8, 4) is 0 Å². The van der Waals surface area contributed by atoms with Gasteiger partial charge in [-0.2, -0.15) is 18.3 Å². The SMILES string of the molecule is Cn1nc(Cc2cccc(Cl)c2)c(C(=O)NC2(c3ccc(C(=O)O)cc3)CC2)c1C(F)(F)F. The van der Waals surface area contributed by atoms with Crippen LogP contribution in [-0.4, -0.2) is 26.8 Å². The summed E-state index contributed by atoms with van der Waals surface area (Å²) in [6, 6.07) is 12.6. The van der Waals surface area contributed by atoms with Crippen molar-refractivity contribution < 1.29 is 27.9 Å². The largest absolute Gasteiger partial charge is 0.478 e. The molecule has 1 aliphatic rings. The van der Waals surface area contributed by atoms with Gasteiger partial charge in [-0.15, -0.1) is 0 Å². The third-order valence-electron chi connectivity index (χ3n) is 5.66. The highest BCUT2D eigenvalue weighted by Crippen LogP contribution is 2.46. The number of carboxylic acids is 1. The summed E-state index contributed by atoms with van der Waals surface area (Å²) < 4.78 is 42.3. The van der Waals surface area contributed by atoms with E-state index < -0.39 is 34.8 Å². The molecule has 0 aliphatic heterocycles. The molecule has 2 N–H and O–H groups in total. The summed E-state index contributed by atoms with van der Waals surface area (Å²) in [7, 11) is 1.15. The van der Waals surface area contributed by atoms with Crippen molar-refractivity contribution in [2.45, 2.75) is 31.0 Å². The summed E-state index contributed by atoms with van der Waals surface area (Å²) in [5, 5.41) is 16.2. The molecule has 3 aromatic rings. The zero-order valence-electron chi connectivity index (χ0n) is 17.4. The molecular formula is C23H19ClF3N3O3. The van der Waals surface area contributed by atoms with E-state index in [0.717, 1.165) is 7.05 Å². The number of carboxylic acid groups (broad SMARTS) is 1. The molecule has 33 heavy (non-hydrogen) atoms. The van der Waals surface area contributed by atoms with Crippen LogP contribution in [-0.2, 0) is 25.2 Å². The Kier molecular flexibility index (Phi) is 5.69. The molecule has 1 aliphatic carbocycles. The Hall–Kier alpha value is -3.33. The average Bonchev–Trinajstić information content (AvgIpc) is 3.43. The summed E-state index contributed by atoms with van der Waals surface area (Å²) in [6.07, 6.45) is -3.75. The summed E-state index contributed by atoms with van der Waals surface area (Å²) >= 11 is 5.99. The van der Waals surface area contributed by atoms with E-state index in [2.05, 4.69) is 10.4 Å². The molecule has 0 bridgehead atoms. The van der Waals surface area contributed by atoms with E-state index in [1.165, 1.54) is 12.1 Å². The van der Waals surface area contributed by atoms with Crippen LogP contribution in [0.2, 0.25) is 5.02 Å². The third-order valence-corrected chi connectivity index (χ3v) is 5.90. The van der Waals surface area contributed by atoms with Crippen molar-refractivity contribution in [2.75, 3.05) is 0 Å². The van der Waals surface area contributed by atoms with E-state index in [9.17, 15) is 22.8 Å². The van der Waals surface area contributed by atoms with Crippen LogP contribution in [0.4, 0.5) is 13.2 Å². The van der Waals surface area contributed by atoms with Gasteiger partial charge in [0.2, 0.25) is 0 Å². The molecule has 2 aromatic carbocycles. The first-order valence-electron chi connectivity index (χ1n) is 10.0. The van der Waals surface area contributed by atoms with Gasteiger partial charge in [0.25, 0.3) is 5.91 Å². The fourth-order valence-corrected chi connectivity index (χ4v) is 4.14. The lowest BCUT2D eigenvalue weighted by Crippen LogP contribution is -2.36. The van der Waals surface area contributed by atoms with Crippen LogP contribution in [0.1, 0.15) is 56.1 Å². The fourth-order valence-electron chi connectivity index (χ4n) is 3.93. The standard InChI is InChI=1S/C23H19ClF3N3O3/c1-30-19(23(25,26)27)18(17(29-30)12-13-3-2-4-16(24)11-13)20(31)28-22(9-10-22)15-7-5-14(6-8-15)21(32)33/h2-8,11H,9-10,12H2,1H3,(H,28,31)(H,32,33). The van der Waals surface area contributed by atoms with Crippen LogP contribution in [0.5, 0.6) is 0 Å². The number of hydrogen-bond donors (Lipinski definition) is 2.